The molecule has 2 rings (SSSR count). The van der Waals surface area contributed by atoms with Gasteiger partial charge in [0.2, 0.25) is 11.8 Å². The topological polar surface area (TPSA) is 68.8 Å². The first-order valence-corrected chi connectivity index (χ1v) is 5.28. The Bertz CT molecular complexity index is 448. The summed E-state index contributed by atoms with van der Waals surface area (Å²) >= 11 is 0. The van der Waals surface area contributed by atoms with Crippen LogP contribution in [0, 0.1) is 0 Å². The van der Waals surface area contributed by atoms with E-state index in [4.69, 9.17) is 4.42 Å². The van der Waals surface area contributed by atoms with Crippen molar-refractivity contribution in [3.05, 3.63) is 30.0 Å². The molecule has 86 valence electrons. The molecule has 0 atom stereocenters. The molecule has 6 heteroatoms. The molecular formula is C10H15N5O. The maximum atomic E-state index is 5.42. The first-order valence-electron chi connectivity index (χ1n) is 5.28. The fraction of sp³-hybridized carbons (Fsp3) is 0.500. The van der Waals surface area contributed by atoms with Crippen LogP contribution >= 0.6 is 0 Å². The molecule has 0 aliphatic rings. The number of nitrogens with one attached hydrogen (secondary N) is 1. The second-order valence-electron chi connectivity index (χ2n) is 3.51. The zero-order valence-electron chi connectivity index (χ0n) is 9.47. The van der Waals surface area contributed by atoms with E-state index in [1.807, 2.05) is 24.7 Å². The van der Waals surface area contributed by atoms with Crippen molar-refractivity contribution >= 4 is 0 Å². The third-order valence-corrected chi connectivity index (χ3v) is 2.17. The first kappa shape index (κ1) is 10.8. The largest absolute Gasteiger partial charge is 0.423 e. The van der Waals surface area contributed by atoms with Crippen LogP contribution in [-0.4, -0.2) is 26.8 Å². The number of rotatable bonds is 5. The van der Waals surface area contributed by atoms with E-state index in [0.717, 1.165) is 18.7 Å². The maximum Gasteiger partial charge on any atom is 0.236 e. The number of aromatic nitrogens is 4. The Kier molecular flexibility index (Phi) is 3.31. The summed E-state index contributed by atoms with van der Waals surface area (Å²) in [6.07, 6.45) is 4.50. The van der Waals surface area contributed by atoms with Gasteiger partial charge in [-0.3, -0.25) is 0 Å². The van der Waals surface area contributed by atoms with Gasteiger partial charge in [0.15, 0.2) is 0 Å². The molecule has 0 bridgehead atoms. The summed E-state index contributed by atoms with van der Waals surface area (Å²) in [7, 11) is 1.89. The molecule has 0 fully saturated rings. The van der Waals surface area contributed by atoms with Gasteiger partial charge in [-0.25, -0.2) is 4.98 Å². The van der Waals surface area contributed by atoms with E-state index < -0.39 is 0 Å². The summed E-state index contributed by atoms with van der Waals surface area (Å²) in [5.41, 5.74) is 0.998. The van der Waals surface area contributed by atoms with Gasteiger partial charge >= 0.3 is 0 Å². The Hall–Kier alpha value is -1.69. The van der Waals surface area contributed by atoms with E-state index in [-0.39, 0.29) is 0 Å². The Labute approximate surface area is 93.7 Å². The predicted octanol–water partition coefficient (Wildman–Crippen LogP) is 0.596. The zero-order chi connectivity index (χ0) is 11.4. The molecule has 0 saturated carbocycles. The number of hydrogen-bond donors (Lipinski definition) is 1. The minimum Gasteiger partial charge on any atom is -0.423 e. The molecule has 0 amide bonds. The van der Waals surface area contributed by atoms with Crippen molar-refractivity contribution in [1.82, 2.24) is 25.1 Å². The minimum absolute atomic E-state index is 0.573. The molecular weight excluding hydrogens is 206 g/mol. The van der Waals surface area contributed by atoms with Crippen molar-refractivity contribution in [3.63, 3.8) is 0 Å². The van der Waals surface area contributed by atoms with Crippen LogP contribution in [0.15, 0.2) is 16.9 Å². The van der Waals surface area contributed by atoms with Crippen molar-refractivity contribution in [2.24, 2.45) is 0 Å². The van der Waals surface area contributed by atoms with Crippen LogP contribution in [0.3, 0.4) is 0 Å². The van der Waals surface area contributed by atoms with E-state index in [0.29, 0.717) is 18.3 Å². The summed E-state index contributed by atoms with van der Waals surface area (Å²) in [5.74, 6) is 1.29. The molecule has 0 unspecified atom stereocenters. The molecule has 0 spiro atoms. The van der Waals surface area contributed by atoms with Crippen LogP contribution in [0.5, 0.6) is 0 Å². The Morgan fingerprint density at radius 3 is 2.88 bits per heavy atom. The van der Waals surface area contributed by atoms with Crippen LogP contribution in [-0.2, 0) is 19.5 Å². The number of nitrogens with zero attached hydrogens (tertiary/aromatic N) is 4. The van der Waals surface area contributed by atoms with Gasteiger partial charge < -0.3 is 14.3 Å². The smallest absolute Gasteiger partial charge is 0.236 e. The number of hydrogen-bond acceptors (Lipinski definition) is 5. The van der Waals surface area contributed by atoms with Crippen LogP contribution in [0.2, 0.25) is 0 Å². The lowest BCUT2D eigenvalue weighted by Crippen LogP contribution is -2.05. The highest BCUT2D eigenvalue weighted by molar-refractivity contribution is 4.97. The maximum absolute atomic E-state index is 5.42. The van der Waals surface area contributed by atoms with Crippen molar-refractivity contribution in [3.8, 4) is 0 Å². The molecule has 0 aliphatic heterocycles. The van der Waals surface area contributed by atoms with Gasteiger partial charge in [-0.2, -0.15) is 0 Å². The summed E-state index contributed by atoms with van der Waals surface area (Å²) in [6.45, 7) is 3.32. The van der Waals surface area contributed by atoms with Crippen LogP contribution in [0.4, 0.5) is 0 Å². The standard InChI is InChI=1S/C10H15N5O/c1-3-9-13-14-10(16-9)6-15-5-8(4-11-2)12-7-15/h5,7,11H,3-4,6H2,1-2H3. The molecule has 2 heterocycles. The Balaban J connectivity index is 2.02. The van der Waals surface area contributed by atoms with Crippen molar-refractivity contribution < 1.29 is 4.42 Å². The quantitative estimate of drug-likeness (QED) is 0.800. The summed E-state index contributed by atoms with van der Waals surface area (Å²) in [5, 5.41) is 10.9. The molecule has 6 nitrogen and oxygen atoms in total. The zero-order valence-corrected chi connectivity index (χ0v) is 9.47. The van der Waals surface area contributed by atoms with Gasteiger partial charge in [-0.05, 0) is 7.05 Å². The van der Waals surface area contributed by atoms with Crippen LogP contribution < -0.4 is 5.32 Å². The monoisotopic (exact) mass is 221 g/mol. The summed E-state index contributed by atoms with van der Waals surface area (Å²) in [6, 6.07) is 0. The van der Waals surface area contributed by atoms with Gasteiger partial charge in [0, 0.05) is 19.2 Å². The lowest BCUT2D eigenvalue weighted by atomic mass is 10.5. The van der Waals surface area contributed by atoms with Crippen LogP contribution in [0.1, 0.15) is 24.4 Å². The minimum atomic E-state index is 0.573. The first-order chi connectivity index (χ1) is 7.81. The third kappa shape index (κ3) is 2.46. The van der Waals surface area contributed by atoms with E-state index in [9.17, 15) is 0 Å². The summed E-state index contributed by atoms with van der Waals surface area (Å²) in [4.78, 5) is 4.24. The average molecular weight is 221 g/mol. The van der Waals surface area contributed by atoms with Gasteiger partial charge in [-0.1, -0.05) is 6.92 Å². The molecule has 0 saturated heterocycles. The van der Waals surface area contributed by atoms with Crippen LogP contribution in [0.25, 0.3) is 0 Å². The lowest BCUT2D eigenvalue weighted by Gasteiger charge is -1.95. The highest BCUT2D eigenvalue weighted by Crippen LogP contribution is 2.04. The molecule has 2 aromatic rings. The fourth-order valence-electron chi connectivity index (χ4n) is 1.42. The van der Waals surface area contributed by atoms with E-state index in [1.165, 1.54) is 0 Å². The fourth-order valence-corrected chi connectivity index (χ4v) is 1.42. The molecule has 0 aliphatic carbocycles. The molecule has 0 aromatic carbocycles. The van der Waals surface area contributed by atoms with E-state index in [2.05, 4.69) is 20.5 Å². The second-order valence-corrected chi connectivity index (χ2v) is 3.51. The van der Waals surface area contributed by atoms with Gasteiger partial charge in [0.05, 0.1) is 12.0 Å². The molecule has 1 N–H and O–H groups in total. The number of aryl methyl sites for hydroxylation is 1. The lowest BCUT2D eigenvalue weighted by molar-refractivity contribution is 0.442. The van der Waals surface area contributed by atoms with E-state index >= 15 is 0 Å². The highest BCUT2D eigenvalue weighted by atomic mass is 16.4. The SMILES string of the molecule is CCc1nnc(Cn2cnc(CNC)c2)o1. The highest BCUT2D eigenvalue weighted by Gasteiger charge is 2.05. The predicted molar refractivity (Wildman–Crippen MR) is 57.8 cm³/mol. The van der Waals surface area contributed by atoms with Gasteiger partial charge in [0.1, 0.15) is 6.54 Å². The Morgan fingerprint density at radius 1 is 1.38 bits per heavy atom. The van der Waals surface area contributed by atoms with Crippen molar-refractivity contribution in [2.45, 2.75) is 26.4 Å². The van der Waals surface area contributed by atoms with Crippen molar-refractivity contribution in [2.75, 3.05) is 7.05 Å². The summed E-state index contributed by atoms with van der Waals surface area (Å²) < 4.78 is 7.35. The molecule has 0 radical (unpaired) electrons. The molecule has 2 aromatic heterocycles. The van der Waals surface area contributed by atoms with E-state index in [1.54, 1.807) is 6.33 Å². The van der Waals surface area contributed by atoms with Crippen molar-refractivity contribution in [1.29, 1.82) is 0 Å². The number of imidazole rings is 1. The van der Waals surface area contributed by atoms with Gasteiger partial charge in [-0.15, -0.1) is 10.2 Å². The average Bonchev–Trinajstić information content (AvgIpc) is 2.89. The normalized spacial score (nSPS) is 10.9. The van der Waals surface area contributed by atoms with Gasteiger partial charge in [0.25, 0.3) is 0 Å². The Morgan fingerprint density at radius 2 is 2.19 bits per heavy atom. The second kappa shape index (κ2) is 4.89. The molecule has 16 heavy (non-hydrogen) atoms. The third-order valence-electron chi connectivity index (χ3n) is 2.17.